The maximum Gasteiger partial charge on any atom is 0.264 e. The molecule has 0 bridgehead atoms. The van der Waals surface area contributed by atoms with Gasteiger partial charge in [0.25, 0.3) is 10.0 Å². The van der Waals surface area contributed by atoms with Gasteiger partial charge in [-0.2, -0.15) is 0 Å². The zero-order valence-electron chi connectivity index (χ0n) is 17.9. The fourth-order valence-corrected chi connectivity index (χ4v) is 4.58. The molecule has 0 fully saturated rings. The van der Waals surface area contributed by atoms with Crippen molar-refractivity contribution in [2.45, 2.75) is 18.7 Å². The number of ether oxygens (including phenoxy) is 1. The molecule has 3 aromatic rings. The molecule has 6 nitrogen and oxygen atoms in total. The van der Waals surface area contributed by atoms with E-state index < -0.39 is 28.3 Å². The lowest BCUT2D eigenvalue weighted by Crippen LogP contribution is -2.41. The summed E-state index contributed by atoms with van der Waals surface area (Å²) in [5, 5.41) is 2.67. The normalized spacial score (nSPS) is 11.1. The van der Waals surface area contributed by atoms with E-state index in [2.05, 4.69) is 5.32 Å². The van der Waals surface area contributed by atoms with Crippen LogP contribution in [0.1, 0.15) is 11.1 Å². The van der Waals surface area contributed by atoms with Gasteiger partial charge in [-0.05, 0) is 61.9 Å². The first-order valence-electron chi connectivity index (χ1n) is 10.1. The Bertz CT molecular complexity index is 1170. The Morgan fingerprint density at radius 2 is 1.69 bits per heavy atom. The molecule has 8 heteroatoms. The molecule has 0 unspecified atom stereocenters. The minimum Gasteiger partial charge on any atom is -0.491 e. The molecule has 32 heavy (non-hydrogen) atoms. The van der Waals surface area contributed by atoms with Crippen LogP contribution in [-0.2, 0) is 14.8 Å². The van der Waals surface area contributed by atoms with E-state index in [1.807, 2.05) is 32.0 Å². The highest BCUT2D eigenvalue weighted by Gasteiger charge is 2.27. The van der Waals surface area contributed by atoms with Crippen molar-refractivity contribution < 1.29 is 22.3 Å². The van der Waals surface area contributed by atoms with Gasteiger partial charge < -0.3 is 10.1 Å². The summed E-state index contributed by atoms with van der Waals surface area (Å²) in [6.07, 6.45) is 0. The number of halogens is 1. The summed E-state index contributed by atoms with van der Waals surface area (Å²) < 4.78 is 46.3. The number of aryl methyl sites for hydroxylation is 2. The van der Waals surface area contributed by atoms with Gasteiger partial charge in [-0.25, -0.2) is 12.8 Å². The highest BCUT2D eigenvalue weighted by Crippen LogP contribution is 2.23. The first-order chi connectivity index (χ1) is 15.3. The smallest absolute Gasteiger partial charge is 0.264 e. The van der Waals surface area contributed by atoms with Crippen LogP contribution >= 0.6 is 0 Å². The largest absolute Gasteiger partial charge is 0.491 e. The number of benzene rings is 3. The van der Waals surface area contributed by atoms with Gasteiger partial charge in [0.2, 0.25) is 5.91 Å². The lowest BCUT2D eigenvalue weighted by molar-refractivity contribution is -0.119. The molecule has 0 aromatic heterocycles. The van der Waals surface area contributed by atoms with E-state index in [0.717, 1.165) is 33.3 Å². The Labute approximate surface area is 187 Å². The molecular weight excluding hydrogens is 431 g/mol. The fraction of sp³-hybridized carbons (Fsp3) is 0.208. The molecule has 0 aliphatic heterocycles. The van der Waals surface area contributed by atoms with Crippen LogP contribution in [0.3, 0.4) is 0 Å². The van der Waals surface area contributed by atoms with E-state index in [9.17, 15) is 17.6 Å². The Hall–Kier alpha value is -3.39. The standard InChI is InChI=1S/C24H25FN2O4S/c1-18-8-13-23(19(2)16-18)31-15-14-26-24(28)17-27(21-11-9-20(25)10-12-21)32(29,30)22-6-4-3-5-7-22/h3-13,16H,14-15,17H2,1-2H3,(H,26,28). The molecule has 168 valence electrons. The monoisotopic (exact) mass is 456 g/mol. The van der Waals surface area contributed by atoms with Gasteiger partial charge in [0.15, 0.2) is 0 Å². The lowest BCUT2D eigenvalue weighted by Gasteiger charge is -2.24. The summed E-state index contributed by atoms with van der Waals surface area (Å²) in [6, 6.07) is 18.6. The molecule has 0 atom stereocenters. The molecule has 0 aliphatic carbocycles. The Morgan fingerprint density at radius 3 is 2.34 bits per heavy atom. The number of sulfonamides is 1. The zero-order valence-corrected chi connectivity index (χ0v) is 18.7. The number of hydrogen-bond acceptors (Lipinski definition) is 4. The summed E-state index contributed by atoms with van der Waals surface area (Å²) in [5.74, 6) is -0.277. The van der Waals surface area contributed by atoms with Gasteiger partial charge >= 0.3 is 0 Å². The lowest BCUT2D eigenvalue weighted by atomic mass is 10.1. The molecule has 0 saturated heterocycles. The Morgan fingerprint density at radius 1 is 1.00 bits per heavy atom. The van der Waals surface area contributed by atoms with Crippen LogP contribution in [0.2, 0.25) is 0 Å². The van der Waals surface area contributed by atoms with Gasteiger partial charge in [0.05, 0.1) is 17.1 Å². The van der Waals surface area contributed by atoms with Crippen LogP contribution < -0.4 is 14.4 Å². The second kappa shape index (κ2) is 10.3. The van der Waals surface area contributed by atoms with Gasteiger partial charge in [0, 0.05) is 0 Å². The molecule has 1 amide bonds. The SMILES string of the molecule is Cc1ccc(OCCNC(=O)CN(c2ccc(F)cc2)S(=O)(=O)c2ccccc2)c(C)c1. The van der Waals surface area contributed by atoms with Crippen LogP contribution in [0.4, 0.5) is 10.1 Å². The number of rotatable bonds is 9. The third kappa shape index (κ3) is 5.85. The van der Waals surface area contributed by atoms with Crippen LogP contribution in [-0.4, -0.2) is 34.0 Å². The second-order valence-corrected chi connectivity index (χ2v) is 9.13. The van der Waals surface area contributed by atoms with E-state index >= 15 is 0 Å². The molecule has 3 rings (SSSR count). The van der Waals surface area contributed by atoms with Crippen molar-refractivity contribution in [2.24, 2.45) is 0 Å². The number of carbonyl (C=O) groups excluding carboxylic acids is 1. The maximum absolute atomic E-state index is 13.4. The van der Waals surface area contributed by atoms with E-state index in [0.29, 0.717) is 0 Å². The fourth-order valence-electron chi connectivity index (χ4n) is 3.14. The topological polar surface area (TPSA) is 75.7 Å². The van der Waals surface area contributed by atoms with Crippen molar-refractivity contribution in [1.82, 2.24) is 5.32 Å². The maximum atomic E-state index is 13.4. The van der Waals surface area contributed by atoms with Crippen LogP contribution in [0, 0.1) is 19.7 Å². The highest BCUT2D eigenvalue weighted by molar-refractivity contribution is 7.92. The summed E-state index contributed by atoms with van der Waals surface area (Å²) in [5.41, 5.74) is 2.31. The van der Waals surface area contributed by atoms with E-state index in [1.54, 1.807) is 18.2 Å². The predicted octanol–water partition coefficient (Wildman–Crippen LogP) is 3.83. The minimum absolute atomic E-state index is 0.0373. The first-order valence-corrected chi connectivity index (χ1v) is 11.5. The number of anilines is 1. The molecule has 0 heterocycles. The van der Waals surface area contributed by atoms with Crippen molar-refractivity contribution in [2.75, 3.05) is 24.0 Å². The van der Waals surface area contributed by atoms with Crippen molar-refractivity contribution in [3.63, 3.8) is 0 Å². The number of amides is 1. The zero-order chi connectivity index (χ0) is 23.1. The van der Waals surface area contributed by atoms with E-state index in [1.165, 1.54) is 24.3 Å². The molecule has 0 aliphatic rings. The Kier molecular flexibility index (Phi) is 7.48. The quantitative estimate of drug-likeness (QED) is 0.497. The van der Waals surface area contributed by atoms with Gasteiger partial charge in [-0.15, -0.1) is 0 Å². The summed E-state index contributed by atoms with van der Waals surface area (Å²) in [4.78, 5) is 12.6. The van der Waals surface area contributed by atoms with Crippen molar-refractivity contribution in [3.05, 3.63) is 89.7 Å². The van der Waals surface area contributed by atoms with Crippen molar-refractivity contribution in [1.29, 1.82) is 0 Å². The summed E-state index contributed by atoms with van der Waals surface area (Å²) in [6.45, 7) is 3.92. The minimum atomic E-state index is -4.03. The molecule has 0 radical (unpaired) electrons. The van der Waals surface area contributed by atoms with Crippen LogP contribution in [0.25, 0.3) is 0 Å². The number of nitrogens with one attached hydrogen (secondary N) is 1. The average Bonchev–Trinajstić information content (AvgIpc) is 2.77. The van der Waals surface area contributed by atoms with E-state index in [-0.39, 0.29) is 23.7 Å². The molecule has 1 N–H and O–H groups in total. The van der Waals surface area contributed by atoms with Gasteiger partial charge in [-0.1, -0.05) is 35.9 Å². The first kappa shape index (κ1) is 23.3. The molecule has 0 spiro atoms. The Balaban J connectivity index is 1.68. The second-order valence-electron chi connectivity index (χ2n) is 7.27. The van der Waals surface area contributed by atoms with E-state index in [4.69, 9.17) is 4.74 Å². The van der Waals surface area contributed by atoms with Crippen molar-refractivity contribution >= 4 is 21.6 Å². The number of nitrogens with zero attached hydrogens (tertiary/aromatic N) is 1. The predicted molar refractivity (Wildman–Crippen MR) is 122 cm³/mol. The molecule has 3 aromatic carbocycles. The molecular formula is C24H25FN2O4S. The van der Waals surface area contributed by atoms with Crippen LogP contribution in [0.15, 0.2) is 77.7 Å². The summed E-state index contributed by atoms with van der Waals surface area (Å²) >= 11 is 0. The number of hydrogen-bond donors (Lipinski definition) is 1. The molecule has 0 saturated carbocycles. The highest BCUT2D eigenvalue weighted by atomic mass is 32.2. The van der Waals surface area contributed by atoms with Gasteiger partial charge in [0.1, 0.15) is 24.7 Å². The summed E-state index contributed by atoms with van der Waals surface area (Å²) in [7, 11) is -4.03. The third-order valence-corrected chi connectivity index (χ3v) is 6.53. The van der Waals surface area contributed by atoms with Crippen molar-refractivity contribution in [3.8, 4) is 5.75 Å². The van der Waals surface area contributed by atoms with Gasteiger partial charge in [-0.3, -0.25) is 9.10 Å². The third-order valence-electron chi connectivity index (χ3n) is 4.75. The van der Waals surface area contributed by atoms with Crippen LogP contribution in [0.5, 0.6) is 5.75 Å². The average molecular weight is 457 g/mol. The number of carbonyl (C=O) groups is 1.